The van der Waals surface area contributed by atoms with Crippen LogP contribution < -0.4 is 5.32 Å². The molecule has 1 atom stereocenters. The van der Waals surface area contributed by atoms with Crippen LogP contribution in [0, 0.1) is 5.92 Å². The molecule has 0 aliphatic carbocycles. The lowest BCUT2D eigenvalue weighted by molar-refractivity contribution is -0.147. The van der Waals surface area contributed by atoms with Gasteiger partial charge >= 0.3 is 12.1 Å². The highest BCUT2D eigenvalue weighted by Gasteiger charge is 2.39. The van der Waals surface area contributed by atoms with Crippen molar-refractivity contribution in [2.24, 2.45) is 5.92 Å². The summed E-state index contributed by atoms with van der Waals surface area (Å²) >= 11 is 0. The van der Waals surface area contributed by atoms with Crippen molar-refractivity contribution in [3.05, 3.63) is 88.5 Å². The van der Waals surface area contributed by atoms with Gasteiger partial charge in [0.15, 0.2) is 0 Å². The summed E-state index contributed by atoms with van der Waals surface area (Å²) in [5.41, 5.74) is 1.45. The van der Waals surface area contributed by atoms with Crippen LogP contribution in [0.15, 0.2) is 60.7 Å². The molecule has 1 N–H and O–H groups in total. The second-order valence-electron chi connectivity index (χ2n) is 10.9. The molecule has 0 saturated carbocycles. The van der Waals surface area contributed by atoms with E-state index in [-0.39, 0.29) is 34.8 Å². The number of rotatable bonds is 10. The Bertz CT molecular complexity index is 1470. The maximum atomic E-state index is 14.2. The van der Waals surface area contributed by atoms with Gasteiger partial charge in [-0.05, 0) is 71.3 Å². The molecule has 3 aromatic carbocycles. The van der Waals surface area contributed by atoms with Gasteiger partial charge in [0.2, 0.25) is 0 Å². The molecule has 222 valence electrons. The van der Waals surface area contributed by atoms with Crippen LogP contribution in [0.25, 0.3) is 11.1 Å². The normalized spacial score (nSPS) is 13.7. The van der Waals surface area contributed by atoms with Crippen molar-refractivity contribution < 1.29 is 32.3 Å². The molecule has 2 amide bonds. The van der Waals surface area contributed by atoms with Crippen LogP contribution in [-0.4, -0.2) is 35.8 Å². The van der Waals surface area contributed by atoms with E-state index in [9.17, 15) is 27.6 Å². The first-order valence-corrected chi connectivity index (χ1v) is 14.1. The molecule has 42 heavy (non-hydrogen) atoms. The summed E-state index contributed by atoms with van der Waals surface area (Å²) in [6.45, 7) is 5.87. The van der Waals surface area contributed by atoms with Gasteiger partial charge in [0, 0.05) is 23.4 Å². The molecular formula is C33H35F3N2O4. The molecule has 0 fully saturated rings. The fourth-order valence-electron chi connectivity index (χ4n) is 5.31. The average molecular weight is 581 g/mol. The van der Waals surface area contributed by atoms with E-state index in [4.69, 9.17) is 4.74 Å². The van der Waals surface area contributed by atoms with Gasteiger partial charge in [-0.2, -0.15) is 13.2 Å². The molecule has 3 aromatic rings. The number of ether oxygens (including phenoxy) is 1. The van der Waals surface area contributed by atoms with Crippen molar-refractivity contribution in [3.63, 3.8) is 0 Å². The second kappa shape index (κ2) is 12.8. The minimum atomic E-state index is -4.72. The van der Waals surface area contributed by atoms with Crippen LogP contribution in [-0.2, 0) is 28.7 Å². The molecule has 1 aliphatic heterocycles. The summed E-state index contributed by atoms with van der Waals surface area (Å²) in [6, 6.07) is 14.4. The van der Waals surface area contributed by atoms with Gasteiger partial charge < -0.3 is 15.0 Å². The summed E-state index contributed by atoms with van der Waals surface area (Å²) in [5.74, 6) is -1.72. The Balaban J connectivity index is 1.58. The van der Waals surface area contributed by atoms with Crippen molar-refractivity contribution in [1.82, 2.24) is 4.90 Å². The van der Waals surface area contributed by atoms with Gasteiger partial charge in [-0.25, -0.2) is 4.79 Å². The lowest BCUT2D eigenvalue weighted by Crippen LogP contribution is -2.45. The van der Waals surface area contributed by atoms with Gasteiger partial charge in [-0.15, -0.1) is 0 Å². The molecule has 9 heteroatoms. The molecule has 0 spiro atoms. The topological polar surface area (TPSA) is 75.7 Å². The number of halogens is 3. The molecule has 0 unspecified atom stereocenters. The Labute approximate surface area is 243 Å². The summed E-state index contributed by atoms with van der Waals surface area (Å²) in [7, 11) is 1.25. The predicted octanol–water partition coefficient (Wildman–Crippen LogP) is 7.51. The number of anilines is 1. The number of hydrogen-bond donors (Lipinski definition) is 1. The minimum Gasteiger partial charge on any atom is -0.467 e. The van der Waals surface area contributed by atoms with Crippen molar-refractivity contribution in [2.75, 3.05) is 12.4 Å². The van der Waals surface area contributed by atoms with Crippen molar-refractivity contribution >= 4 is 23.5 Å². The first-order chi connectivity index (χ1) is 19.9. The molecule has 1 heterocycles. The van der Waals surface area contributed by atoms with E-state index in [0.717, 1.165) is 37.3 Å². The highest BCUT2D eigenvalue weighted by atomic mass is 19.4. The molecular weight excluding hydrogens is 545 g/mol. The largest absolute Gasteiger partial charge is 0.467 e. The summed E-state index contributed by atoms with van der Waals surface area (Å²) < 4.78 is 47.6. The van der Waals surface area contributed by atoms with E-state index < -0.39 is 35.6 Å². The number of methoxy groups -OCH3 is 1. The smallest absolute Gasteiger partial charge is 0.417 e. The maximum Gasteiger partial charge on any atom is 0.417 e. The zero-order valence-electron chi connectivity index (χ0n) is 24.2. The van der Waals surface area contributed by atoms with Gasteiger partial charge in [0.25, 0.3) is 11.8 Å². The second-order valence-corrected chi connectivity index (χ2v) is 10.9. The quantitative estimate of drug-likeness (QED) is 0.199. The highest BCUT2D eigenvalue weighted by Crippen LogP contribution is 2.40. The number of fused-ring (bicyclic) bond motifs is 1. The molecule has 0 saturated heterocycles. The molecule has 4 rings (SSSR count). The zero-order valence-corrected chi connectivity index (χ0v) is 24.2. The molecule has 1 aliphatic rings. The van der Waals surface area contributed by atoms with Crippen LogP contribution in [0.3, 0.4) is 0 Å². The Morgan fingerprint density at radius 2 is 1.69 bits per heavy atom. The van der Waals surface area contributed by atoms with E-state index in [0.29, 0.717) is 11.1 Å². The highest BCUT2D eigenvalue weighted by molar-refractivity contribution is 6.04. The average Bonchev–Trinajstić information content (AvgIpc) is 3.27. The molecule has 0 bridgehead atoms. The van der Waals surface area contributed by atoms with Gasteiger partial charge in [0.05, 0.1) is 12.7 Å². The SMILES string of the molecule is CCCCCc1ccc(C(=O)Nc2ccc(-c3ccc4c(c3)C(=O)N([C@H](C(=O)OC)C(C)C)C4)c(C(F)(F)F)c2)cc1. The Hall–Kier alpha value is -4.14. The number of unbranched alkanes of at least 4 members (excludes halogenated alkanes) is 2. The fraction of sp³-hybridized carbons (Fsp3) is 0.364. The number of carbonyl (C=O) groups excluding carboxylic acids is 3. The zero-order chi connectivity index (χ0) is 30.6. The first-order valence-electron chi connectivity index (χ1n) is 14.1. The summed E-state index contributed by atoms with van der Waals surface area (Å²) in [5, 5.41) is 2.57. The number of aryl methyl sites for hydroxylation is 1. The third kappa shape index (κ3) is 6.66. The monoisotopic (exact) mass is 580 g/mol. The lowest BCUT2D eigenvalue weighted by Gasteiger charge is -2.28. The minimum absolute atomic E-state index is 0.00404. The van der Waals surface area contributed by atoms with Crippen LogP contribution in [0.5, 0.6) is 0 Å². The summed E-state index contributed by atoms with van der Waals surface area (Å²) in [4.78, 5) is 39.8. The standard InChI is InChI=1S/C33H35F3N2O4/c1-5-6-7-8-21-9-11-22(12-10-21)30(39)37-25-15-16-26(28(18-25)33(34,35)36)23-13-14-24-19-38(31(40)27(24)17-23)29(20(2)3)32(41)42-4/h9-18,20,29H,5-8,19H2,1-4H3,(H,37,39)/t29-/m0/s1. The first kappa shape index (κ1) is 30.8. The lowest BCUT2D eigenvalue weighted by atomic mass is 9.95. The number of nitrogens with one attached hydrogen (secondary N) is 1. The van der Waals surface area contributed by atoms with E-state index in [1.807, 2.05) is 12.1 Å². The number of hydrogen-bond acceptors (Lipinski definition) is 4. The van der Waals surface area contributed by atoms with Crippen LogP contribution >= 0.6 is 0 Å². The third-order valence-electron chi connectivity index (χ3n) is 7.53. The Morgan fingerprint density at radius 3 is 2.31 bits per heavy atom. The van der Waals surface area contributed by atoms with Crippen LogP contribution in [0.4, 0.5) is 18.9 Å². The van der Waals surface area contributed by atoms with Gasteiger partial charge in [-0.3, -0.25) is 9.59 Å². The van der Waals surface area contributed by atoms with Gasteiger partial charge in [0.1, 0.15) is 6.04 Å². The van der Waals surface area contributed by atoms with Crippen molar-refractivity contribution in [3.8, 4) is 11.1 Å². The Kier molecular flexibility index (Phi) is 9.39. The number of amides is 2. The number of esters is 1. The predicted molar refractivity (Wildman–Crippen MR) is 155 cm³/mol. The molecule has 0 aromatic heterocycles. The van der Waals surface area contributed by atoms with Crippen LogP contribution in [0.1, 0.15) is 77.4 Å². The number of benzene rings is 3. The maximum absolute atomic E-state index is 14.2. The van der Waals surface area contributed by atoms with E-state index in [1.54, 1.807) is 32.0 Å². The van der Waals surface area contributed by atoms with Crippen molar-refractivity contribution in [1.29, 1.82) is 0 Å². The number of nitrogens with zero attached hydrogens (tertiary/aromatic N) is 1. The molecule has 0 radical (unpaired) electrons. The fourth-order valence-corrected chi connectivity index (χ4v) is 5.31. The number of alkyl halides is 3. The number of carbonyl (C=O) groups is 3. The van der Waals surface area contributed by atoms with Crippen LogP contribution in [0.2, 0.25) is 0 Å². The summed E-state index contributed by atoms with van der Waals surface area (Å²) in [6.07, 6.45) is -0.537. The van der Waals surface area contributed by atoms with E-state index in [2.05, 4.69) is 12.2 Å². The van der Waals surface area contributed by atoms with E-state index >= 15 is 0 Å². The Morgan fingerprint density at radius 1 is 0.976 bits per heavy atom. The van der Waals surface area contributed by atoms with E-state index in [1.165, 1.54) is 36.3 Å². The van der Waals surface area contributed by atoms with Gasteiger partial charge in [-0.1, -0.05) is 63.9 Å². The third-order valence-corrected chi connectivity index (χ3v) is 7.53. The van der Waals surface area contributed by atoms with Crippen molar-refractivity contribution in [2.45, 2.75) is 65.2 Å². The molecule has 6 nitrogen and oxygen atoms in total.